The molecule has 0 aliphatic rings. The smallest absolute Gasteiger partial charge is 0.126 e. The van der Waals surface area contributed by atoms with E-state index < -0.39 is 0 Å². The van der Waals surface area contributed by atoms with Gasteiger partial charge in [0.25, 0.3) is 0 Å². The molecule has 0 unspecified atom stereocenters. The maximum Gasteiger partial charge on any atom is 0.126 e. The monoisotopic (exact) mass is 194 g/mol. The molecule has 0 saturated carbocycles. The first kappa shape index (κ1) is 10.8. The average molecular weight is 194 g/mol. The highest BCUT2D eigenvalue weighted by Gasteiger charge is 2.14. The van der Waals surface area contributed by atoms with Crippen molar-refractivity contribution in [2.24, 2.45) is 11.1 Å². The Hall–Kier alpha value is -1.29. The van der Waals surface area contributed by atoms with Crippen LogP contribution in [0.1, 0.15) is 13.8 Å². The van der Waals surface area contributed by atoms with Crippen LogP contribution in [0.3, 0.4) is 0 Å². The molecule has 0 atom stereocenters. The van der Waals surface area contributed by atoms with Crippen molar-refractivity contribution in [3.63, 3.8) is 0 Å². The second-order valence-corrected chi connectivity index (χ2v) is 4.20. The summed E-state index contributed by atoms with van der Waals surface area (Å²) >= 11 is 0. The van der Waals surface area contributed by atoms with Gasteiger partial charge in [-0.25, -0.2) is 4.98 Å². The van der Waals surface area contributed by atoms with Gasteiger partial charge >= 0.3 is 0 Å². The Bertz CT molecular complexity index is 279. The molecule has 0 saturated heterocycles. The van der Waals surface area contributed by atoms with Gasteiger partial charge in [0.15, 0.2) is 0 Å². The molecule has 0 amide bonds. The van der Waals surface area contributed by atoms with Crippen LogP contribution in [0.2, 0.25) is 0 Å². The van der Waals surface area contributed by atoms with Crippen molar-refractivity contribution in [2.75, 3.05) is 24.1 Å². The van der Waals surface area contributed by atoms with Crippen molar-refractivity contribution in [1.82, 2.24) is 4.98 Å². The molecule has 0 fully saturated rings. The minimum atomic E-state index is 0.0864. The Kier molecular flexibility index (Phi) is 3.30. The standard InChI is InChI=1S/C10H18N4/c1-10(2,6-11)7-14-9-4-3-8(12)5-13-9/h3-5H,6-7,11-12H2,1-2H3,(H,13,14). The largest absolute Gasteiger partial charge is 0.397 e. The Morgan fingerprint density at radius 3 is 2.64 bits per heavy atom. The van der Waals surface area contributed by atoms with E-state index in [0.29, 0.717) is 12.2 Å². The molecule has 0 bridgehead atoms. The van der Waals surface area contributed by atoms with Gasteiger partial charge in [-0.3, -0.25) is 0 Å². The van der Waals surface area contributed by atoms with Crippen LogP contribution in [-0.2, 0) is 0 Å². The van der Waals surface area contributed by atoms with Gasteiger partial charge < -0.3 is 16.8 Å². The fourth-order valence-electron chi connectivity index (χ4n) is 0.912. The highest BCUT2D eigenvalue weighted by molar-refractivity contribution is 5.43. The lowest BCUT2D eigenvalue weighted by molar-refractivity contribution is 0.405. The van der Waals surface area contributed by atoms with Crippen LogP contribution < -0.4 is 16.8 Å². The maximum atomic E-state index is 5.61. The van der Waals surface area contributed by atoms with Crippen LogP contribution in [-0.4, -0.2) is 18.1 Å². The highest BCUT2D eigenvalue weighted by atomic mass is 15.0. The van der Waals surface area contributed by atoms with Gasteiger partial charge in [-0.05, 0) is 24.1 Å². The fourth-order valence-corrected chi connectivity index (χ4v) is 0.912. The van der Waals surface area contributed by atoms with Crippen molar-refractivity contribution < 1.29 is 0 Å². The van der Waals surface area contributed by atoms with Crippen molar-refractivity contribution in [2.45, 2.75) is 13.8 Å². The second-order valence-electron chi connectivity index (χ2n) is 4.20. The Morgan fingerprint density at radius 1 is 1.43 bits per heavy atom. The predicted octanol–water partition coefficient (Wildman–Crippen LogP) is 1.06. The SMILES string of the molecule is CC(C)(CN)CNc1ccc(N)cn1. The Labute approximate surface area is 84.7 Å². The molecule has 1 heterocycles. The third-order valence-corrected chi connectivity index (χ3v) is 2.09. The Morgan fingerprint density at radius 2 is 2.14 bits per heavy atom. The van der Waals surface area contributed by atoms with Crippen LogP contribution in [0.4, 0.5) is 11.5 Å². The van der Waals surface area contributed by atoms with Gasteiger partial charge in [0.2, 0.25) is 0 Å². The molecular weight excluding hydrogens is 176 g/mol. The van der Waals surface area contributed by atoms with Gasteiger partial charge in [-0.2, -0.15) is 0 Å². The number of hydrogen-bond donors (Lipinski definition) is 3. The number of hydrogen-bond acceptors (Lipinski definition) is 4. The zero-order valence-corrected chi connectivity index (χ0v) is 8.75. The molecule has 4 heteroatoms. The first-order valence-corrected chi connectivity index (χ1v) is 4.69. The van der Waals surface area contributed by atoms with E-state index in [1.165, 1.54) is 0 Å². The first-order chi connectivity index (χ1) is 6.53. The molecule has 0 aliphatic carbocycles. The van der Waals surface area contributed by atoms with Crippen molar-refractivity contribution >= 4 is 11.5 Å². The zero-order chi connectivity index (χ0) is 10.6. The molecule has 5 N–H and O–H groups in total. The summed E-state index contributed by atoms with van der Waals surface area (Å²) in [5.41, 5.74) is 11.9. The lowest BCUT2D eigenvalue weighted by Crippen LogP contribution is -2.31. The Balaban J connectivity index is 2.50. The molecule has 14 heavy (non-hydrogen) atoms. The topological polar surface area (TPSA) is 77.0 Å². The minimum absolute atomic E-state index is 0.0864. The van der Waals surface area contributed by atoms with Crippen LogP contribution in [0.15, 0.2) is 18.3 Å². The molecule has 4 nitrogen and oxygen atoms in total. The summed E-state index contributed by atoms with van der Waals surface area (Å²) in [6.45, 7) is 5.67. The van der Waals surface area contributed by atoms with E-state index in [1.807, 2.05) is 12.1 Å². The molecule has 78 valence electrons. The van der Waals surface area contributed by atoms with Crippen LogP contribution in [0, 0.1) is 5.41 Å². The fraction of sp³-hybridized carbons (Fsp3) is 0.500. The van der Waals surface area contributed by atoms with Gasteiger partial charge in [0.05, 0.1) is 11.9 Å². The summed E-state index contributed by atoms with van der Waals surface area (Å²) < 4.78 is 0. The molecule has 1 aromatic rings. The molecule has 1 rings (SSSR count). The number of rotatable bonds is 4. The molecule has 0 aromatic carbocycles. The van der Waals surface area contributed by atoms with Gasteiger partial charge in [-0.1, -0.05) is 13.8 Å². The van der Waals surface area contributed by atoms with E-state index >= 15 is 0 Å². The maximum absolute atomic E-state index is 5.61. The van der Waals surface area contributed by atoms with Crippen molar-refractivity contribution in [3.8, 4) is 0 Å². The number of nitrogens with one attached hydrogen (secondary N) is 1. The van der Waals surface area contributed by atoms with E-state index in [2.05, 4.69) is 24.1 Å². The van der Waals surface area contributed by atoms with E-state index in [-0.39, 0.29) is 5.41 Å². The van der Waals surface area contributed by atoms with Crippen LogP contribution in [0.25, 0.3) is 0 Å². The highest BCUT2D eigenvalue weighted by Crippen LogP contribution is 2.14. The minimum Gasteiger partial charge on any atom is -0.397 e. The summed E-state index contributed by atoms with van der Waals surface area (Å²) in [5.74, 6) is 0.834. The third-order valence-electron chi connectivity index (χ3n) is 2.09. The molecule has 1 aromatic heterocycles. The van der Waals surface area contributed by atoms with Crippen molar-refractivity contribution in [3.05, 3.63) is 18.3 Å². The number of nitrogens with two attached hydrogens (primary N) is 2. The number of nitrogens with zero attached hydrogens (tertiary/aromatic N) is 1. The lowest BCUT2D eigenvalue weighted by Gasteiger charge is -2.22. The van der Waals surface area contributed by atoms with E-state index in [9.17, 15) is 0 Å². The van der Waals surface area contributed by atoms with Crippen LogP contribution in [0.5, 0.6) is 0 Å². The van der Waals surface area contributed by atoms with Gasteiger partial charge in [0, 0.05) is 6.54 Å². The summed E-state index contributed by atoms with van der Waals surface area (Å²) in [6.07, 6.45) is 1.64. The number of nitrogen functional groups attached to an aromatic ring is 1. The molecule has 0 radical (unpaired) electrons. The molecule has 0 spiro atoms. The third kappa shape index (κ3) is 3.22. The summed E-state index contributed by atoms with van der Waals surface area (Å²) in [5, 5.41) is 3.22. The normalized spacial score (nSPS) is 11.4. The molecular formula is C10H18N4. The van der Waals surface area contributed by atoms with Crippen molar-refractivity contribution in [1.29, 1.82) is 0 Å². The predicted molar refractivity (Wildman–Crippen MR) is 60.0 cm³/mol. The van der Waals surface area contributed by atoms with E-state index in [4.69, 9.17) is 11.5 Å². The average Bonchev–Trinajstić information content (AvgIpc) is 2.17. The van der Waals surface area contributed by atoms with Gasteiger partial charge in [-0.15, -0.1) is 0 Å². The van der Waals surface area contributed by atoms with Crippen LogP contribution >= 0.6 is 0 Å². The number of pyridine rings is 1. The number of aromatic nitrogens is 1. The first-order valence-electron chi connectivity index (χ1n) is 4.69. The van der Waals surface area contributed by atoms with E-state index in [1.54, 1.807) is 6.20 Å². The van der Waals surface area contributed by atoms with Gasteiger partial charge in [0.1, 0.15) is 5.82 Å². The second kappa shape index (κ2) is 4.28. The number of anilines is 2. The molecule has 0 aliphatic heterocycles. The summed E-state index contributed by atoms with van der Waals surface area (Å²) in [6, 6.07) is 3.69. The zero-order valence-electron chi connectivity index (χ0n) is 8.75. The lowest BCUT2D eigenvalue weighted by atomic mass is 9.94. The summed E-state index contributed by atoms with van der Waals surface area (Å²) in [7, 11) is 0. The summed E-state index contributed by atoms with van der Waals surface area (Å²) in [4.78, 5) is 4.14. The van der Waals surface area contributed by atoms with E-state index in [0.717, 1.165) is 12.4 Å². The quantitative estimate of drug-likeness (QED) is 0.670.